The van der Waals surface area contributed by atoms with Crippen molar-refractivity contribution in [3.05, 3.63) is 35.4 Å². The summed E-state index contributed by atoms with van der Waals surface area (Å²) in [6, 6.07) is 8.90. The Bertz CT molecular complexity index is 554. The van der Waals surface area contributed by atoms with Crippen LogP contribution in [0.3, 0.4) is 0 Å². The molecule has 2 rings (SSSR count). The molecule has 1 aliphatic heterocycles. The first kappa shape index (κ1) is 19.7. The standard InChI is InChI=1S/C20H33N3O2/c1-5-21-19(23-17(3)14-24-4)22-15-20(10-12-25-13-11-20)18-9-7-6-8-16(18)2/h6-9,17H,5,10-15H2,1-4H3,(H2,21,22,23). The summed E-state index contributed by atoms with van der Waals surface area (Å²) in [6.45, 7) is 10.2. The number of hydrogen-bond donors (Lipinski definition) is 2. The number of methoxy groups -OCH3 is 1. The highest BCUT2D eigenvalue weighted by atomic mass is 16.5. The molecule has 0 radical (unpaired) electrons. The Balaban J connectivity index is 2.21. The molecule has 1 heterocycles. The van der Waals surface area contributed by atoms with Gasteiger partial charge in [-0.3, -0.25) is 4.99 Å². The monoisotopic (exact) mass is 347 g/mol. The maximum Gasteiger partial charge on any atom is 0.191 e. The van der Waals surface area contributed by atoms with Crippen LogP contribution in [0.15, 0.2) is 29.3 Å². The predicted octanol–water partition coefficient (Wildman–Crippen LogP) is 2.63. The first-order valence-corrected chi connectivity index (χ1v) is 9.29. The van der Waals surface area contributed by atoms with E-state index in [4.69, 9.17) is 14.5 Å². The first-order valence-electron chi connectivity index (χ1n) is 9.29. The molecule has 25 heavy (non-hydrogen) atoms. The van der Waals surface area contributed by atoms with Gasteiger partial charge in [0.2, 0.25) is 0 Å². The van der Waals surface area contributed by atoms with Gasteiger partial charge in [0, 0.05) is 38.3 Å². The largest absolute Gasteiger partial charge is 0.383 e. The lowest BCUT2D eigenvalue weighted by atomic mass is 9.72. The van der Waals surface area contributed by atoms with E-state index in [2.05, 4.69) is 55.7 Å². The number of aryl methyl sites for hydroxylation is 1. The molecule has 1 unspecified atom stereocenters. The maximum atomic E-state index is 5.64. The Morgan fingerprint density at radius 3 is 2.68 bits per heavy atom. The van der Waals surface area contributed by atoms with Crippen LogP contribution in [-0.4, -0.2) is 52.0 Å². The second-order valence-corrected chi connectivity index (χ2v) is 6.90. The molecular formula is C20H33N3O2. The van der Waals surface area contributed by atoms with Gasteiger partial charge in [0.15, 0.2) is 5.96 Å². The Hall–Kier alpha value is -1.59. The molecule has 1 aliphatic rings. The van der Waals surface area contributed by atoms with E-state index in [9.17, 15) is 0 Å². The van der Waals surface area contributed by atoms with Gasteiger partial charge in [-0.05, 0) is 44.7 Å². The molecule has 1 saturated heterocycles. The van der Waals surface area contributed by atoms with Crippen LogP contribution in [0.2, 0.25) is 0 Å². The molecule has 0 aliphatic carbocycles. The highest BCUT2D eigenvalue weighted by Crippen LogP contribution is 2.36. The van der Waals surface area contributed by atoms with E-state index in [1.54, 1.807) is 7.11 Å². The molecule has 1 aromatic carbocycles. The van der Waals surface area contributed by atoms with E-state index in [1.165, 1.54) is 11.1 Å². The number of hydrogen-bond acceptors (Lipinski definition) is 3. The van der Waals surface area contributed by atoms with Gasteiger partial charge in [0.05, 0.1) is 13.2 Å². The van der Waals surface area contributed by atoms with Gasteiger partial charge in [0.25, 0.3) is 0 Å². The molecule has 0 amide bonds. The van der Waals surface area contributed by atoms with Gasteiger partial charge in [-0.15, -0.1) is 0 Å². The molecule has 1 fully saturated rings. The van der Waals surface area contributed by atoms with Crippen molar-refractivity contribution in [1.82, 2.24) is 10.6 Å². The molecule has 0 bridgehead atoms. The average molecular weight is 348 g/mol. The Kier molecular flexibility index (Phi) is 7.72. The van der Waals surface area contributed by atoms with Crippen molar-refractivity contribution in [3.8, 4) is 0 Å². The molecule has 1 aromatic rings. The highest BCUT2D eigenvalue weighted by molar-refractivity contribution is 5.80. The fourth-order valence-electron chi connectivity index (χ4n) is 3.52. The maximum absolute atomic E-state index is 5.64. The van der Waals surface area contributed by atoms with Crippen molar-refractivity contribution in [2.45, 2.75) is 45.1 Å². The van der Waals surface area contributed by atoms with Gasteiger partial charge in [0.1, 0.15) is 0 Å². The van der Waals surface area contributed by atoms with Gasteiger partial charge < -0.3 is 20.1 Å². The van der Waals surface area contributed by atoms with Crippen LogP contribution in [0.5, 0.6) is 0 Å². The van der Waals surface area contributed by atoms with Gasteiger partial charge in [-0.2, -0.15) is 0 Å². The molecule has 5 nitrogen and oxygen atoms in total. The van der Waals surface area contributed by atoms with Crippen LogP contribution in [0, 0.1) is 6.92 Å². The van der Waals surface area contributed by atoms with Gasteiger partial charge in [-0.25, -0.2) is 0 Å². The third-order valence-corrected chi connectivity index (χ3v) is 4.85. The molecule has 2 N–H and O–H groups in total. The van der Waals surface area contributed by atoms with E-state index in [0.717, 1.165) is 45.1 Å². The molecular weight excluding hydrogens is 314 g/mol. The zero-order valence-electron chi connectivity index (χ0n) is 16.1. The minimum atomic E-state index is 0.0520. The zero-order valence-corrected chi connectivity index (χ0v) is 16.1. The van der Waals surface area contributed by atoms with Crippen molar-refractivity contribution in [2.75, 3.05) is 40.0 Å². The van der Waals surface area contributed by atoms with Crippen LogP contribution < -0.4 is 10.6 Å². The molecule has 0 saturated carbocycles. The summed E-state index contributed by atoms with van der Waals surface area (Å²) in [5.41, 5.74) is 2.80. The Labute approximate surface area is 152 Å². The van der Waals surface area contributed by atoms with Gasteiger partial charge >= 0.3 is 0 Å². The van der Waals surface area contributed by atoms with Crippen molar-refractivity contribution < 1.29 is 9.47 Å². The summed E-state index contributed by atoms with van der Waals surface area (Å²) < 4.78 is 10.9. The third kappa shape index (κ3) is 5.44. The fraction of sp³-hybridized carbons (Fsp3) is 0.650. The second kappa shape index (κ2) is 9.78. The van der Waals surface area contributed by atoms with E-state index in [1.807, 2.05) is 0 Å². The summed E-state index contributed by atoms with van der Waals surface area (Å²) in [5, 5.41) is 6.77. The number of nitrogens with one attached hydrogen (secondary N) is 2. The minimum Gasteiger partial charge on any atom is -0.383 e. The summed E-state index contributed by atoms with van der Waals surface area (Å²) in [6.07, 6.45) is 2.02. The Morgan fingerprint density at radius 2 is 2.04 bits per heavy atom. The number of ether oxygens (including phenoxy) is 2. The summed E-state index contributed by atoms with van der Waals surface area (Å²) in [7, 11) is 1.72. The predicted molar refractivity (Wildman–Crippen MR) is 103 cm³/mol. The summed E-state index contributed by atoms with van der Waals surface area (Å²) in [5.74, 6) is 0.853. The molecule has 140 valence electrons. The van der Waals surface area contributed by atoms with E-state index >= 15 is 0 Å². The molecule has 0 aromatic heterocycles. The van der Waals surface area contributed by atoms with Crippen LogP contribution in [0.25, 0.3) is 0 Å². The van der Waals surface area contributed by atoms with E-state index in [-0.39, 0.29) is 11.5 Å². The van der Waals surface area contributed by atoms with Crippen molar-refractivity contribution in [1.29, 1.82) is 0 Å². The summed E-state index contributed by atoms with van der Waals surface area (Å²) in [4.78, 5) is 4.93. The second-order valence-electron chi connectivity index (χ2n) is 6.90. The van der Waals surface area contributed by atoms with Crippen molar-refractivity contribution >= 4 is 5.96 Å². The number of benzene rings is 1. The van der Waals surface area contributed by atoms with Crippen LogP contribution >= 0.6 is 0 Å². The normalized spacial score (nSPS) is 18.6. The zero-order chi connectivity index (χ0) is 18.1. The quantitative estimate of drug-likeness (QED) is 0.588. The number of guanidine groups is 1. The third-order valence-electron chi connectivity index (χ3n) is 4.85. The number of rotatable bonds is 7. The van der Waals surface area contributed by atoms with Crippen LogP contribution in [0.1, 0.15) is 37.8 Å². The van der Waals surface area contributed by atoms with E-state index < -0.39 is 0 Å². The number of aliphatic imine (C=N–C) groups is 1. The smallest absolute Gasteiger partial charge is 0.191 e. The van der Waals surface area contributed by atoms with E-state index in [0.29, 0.717) is 6.61 Å². The average Bonchev–Trinajstić information content (AvgIpc) is 2.61. The molecule has 5 heteroatoms. The lowest BCUT2D eigenvalue weighted by molar-refractivity contribution is 0.0529. The van der Waals surface area contributed by atoms with Crippen molar-refractivity contribution in [3.63, 3.8) is 0 Å². The number of nitrogens with zero attached hydrogens (tertiary/aromatic N) is 1. The molecule has 1 atom stereocenters. The van der Waals surface area contributed by atoms with Crippen LogP contribution in [0.4, 0.5) is 0 Å². The van der Waals surface area contributed by atoms with Crippen LogP contribution in [-0.2, 0) is 14.9 Å². The highest BCUT2D eigenvalue weighted by Gasteiger charge is 2.35. The lowest BCUT2D eigenvalue weighted by Gasteiger charge is -2.37. The van der Waals surface area contributed by atoms with Crippen molar-refractivity contribution in [2.24, 2.45) is 4.99 Å². The minimum absolute atomic E-state index is 0.0520. The Morgan fingerprint density at radius 1 is 1.32 bits per heavy atom. The first-order chi connectivity index (χ1) is 12.1. The molecule has 0 spiro atoms. The SMILES string of the molecule is CCNC(=NCC1(c2ccccc2C)CCOCC1)NC(C)COC. The van der Waals surface area contributed by atoms with Gasteiger partial charge in [-0.1, -0.05) is 24.3 Å². The summed E-state index contributed by atoms with van der Waals surface area (Å²) >= 11 is 0. The lowest BCUT2D eigenvalue weighted by Crippen LogP contribution is -2.45. The fourth-order valence-corrected chi connectivity index (χ4v) is 3.52. The topological polar surface area (TPSA) is 54.9 Å².